The van der Waals surface area contributed by atoms with Crippen molar-refractivity contribution in [2.24, 2.45) is 11.5 Å². The van der Waals surface area contributed by atoms with Gasteiger partial charge in [-0.15, -0.1) is 0 Å². The van der Waals surface area contributed by atoms with Crippen molar-refractivity contribution >= 4 is 11.4 Å². The molecule has 0 fully saturated rings. The summed E-state index contributed by atoms with van der Waals surface area (Å²) < 4.78 is 12.2. The van der Waals surface area contributed by atoms with Gasteiger partial charge in [-0.2, -0.15) is 0 Å². The van der Waals surface area contributed by atoms with Crippen molar-refractivity contribution < 1.29 is 9.47 Å². The minimum atomic E-state index is -1.05. The van der Waals surface area contributed by atoms with Gasteiger partial charge in [0.1, 0.15) is 23.0 Å². The van der Waals surface area contributed by atoms with Gasteiger partial charge in [0.15, 0.2) is 0 Å². The second-order valence-corrected chi connectivity index (χ2v) is 10.2. The number of benzene rings is 4. The zero-order valence-corrected chi connectivity index (χ0v) is 22.1. The summed E-state index contributed by atoms with van der Waals surface area (Å²) in [5.41, 5.74) is 29.6. The highest BCUT2D eigenvalue weighted by atomic mass is 16.5. The SMILES string of the molecule is Cc1cc(Oc2c(C)cc(C(C)(c3ccc(Oc4ccc(N)cc4)cc3)C(C)(N)N)cc2C)ccc1N. The Bertz CT molecular complexity index is 1380. The van der Waals surface area contributed by atoms with Gasteiger partial charge in [-0.05, 0) is 117 Å². The van der Waals surface area contributed by atoms with Gasteiger partial charge in [0.05, 0.1) is 5.66 Å². The fourth-order valence-corrected chi connectivity index (χ4v) is 4.55. The van der Waals surface area contributed by atoms with Gasteiger partial charge in [-0.3, -0.25) is 0 Å². The van der Waals surface area contributed by atoms with Crippen LogP contribution in [0, 0.1) is 20.8 Å². The summed E-state index contributed by atoms with van der Waals surface area (Å²) in [6, 6.07) is 25.0. The van der Waals surface area contributed by atoms with E-state index in [1.54, 1.807) is 0 Å². The molecule has 0 bridgehead atoms. The first-order chi connectivity index (χ1) is 17.4. The molecule has 6 nitrogen and oxygen atoms in total. The Labute approximate surface area is 219 Å². The number of hydrogen-bond donors (Lipinski definition) is 4. The molecule has 192 valence electrons. The van der Waals surface area contributed by atoms with Gasteiger partial charge in [0.2, 0.25) is 0 Å². The van der Waals surface area contributed by atoms with E-state index in [-0.39, 0.29) is 0 Å². The average Bonchev–Trinajstić information content (AvgIpc) is 2.84. The van der Waals surface area contributed by atoms with Crippen LogP contribution in [-0.2, 0) is 5.41 Å². The molecule has 0 saturated heterocycles. The van der Waals surface area contributed by atoms with Gasteiger partial charge in [-0.25, -0.2) is 0 Å². The number of anilines is 2. The lowest BCUT2D eigenvalue weighted by molar-refractivity contribution is 0.314. The van der Waals surface area contributed by atoms with Crippen molar-refractivity contribution in [3.05, 3.63) is 107 Å². The molecule has 0 heterocycles. The third kappa shape index (κ3) is 5.26. The molecule has 0 spiro atoms. The van der Waals surface area contributed by atoms with Crippen molar-refractivity contribution in [1.82, 2.24) is 0 Å². The summed E-state index contributed by atoms with van der Waals surface area (Å²) in [5, 5.41) is 0. The molecule has 0 aliphatic heterocycles. The predicted molar refractivity (Wildman–Crippen MR) is 152 cm³/mol. The van der Waals surface area contributed by atoms with Crippen molar-refractivity contribution in [3.8, 4) is 23.0 Å². The normalized spacial score (nSPS) is 13.2. The van der Waals surface area contributed by atoms with E-state index in [0.717, 1.165) is 45.0 Å². The van der Waals surface area contributed by atoms with Crippen molar-refractivity contribution in [3.63, 3.8) is 0 Å². The highest BCUT2D eigenvalue weighted by molar-refractivity contribution is 5.54. The van der Waals surface area contributed by atoms with Crippen LogP contribution < -0.4 is 32.4 Å². The Kier molecular flexibility index (Phi) is 6.91. The van der Waals surface area contributed by atoms with E-state index >= 15 is 0 Å². The summed E-state index contributed by atoms with van der Waals surface area (Å²) in [4.78, 5) is 0. The van der Waals surface area contributed by atoms with Crippen LogP contribution in [0.5, 0.6) is 23.0 Å². The monoisotopic (exact) mass is 496 g/mol. The summed E-state index contributed by atoms with van der Waals surface area (Å²) in [5.74, 6) is 2.97. The largest absolute Gasteiger partial charge is 0.457 e. The molecule has 4 aromatic rings. The molecular weight excluding hydrogens is 460 g/mol. The molecule has 1 unspecified atom stereocenters. The molecule has 0 saturated carbocycles. The molecule has 8 N–H and O–H groups in total. The van der Waals surface area contributed by atoms with Crippen LogP contribution in [0.15, 0.2) is 78.9 Å². The zero-order chi connectivity index (χ0) is 27.0. The van der Waals surface area contributed by atoms with Crippen molar-refractivity contribution in [2.45, 2.75) is 45.7 Å². The fraction of sp³-hybridized carbons (Fsp3) is 0.226. The van der Waals surface area contributed by atoms with E-state index in [1.807, 2.05) is 94.4 Å². The molecule has 0 aliphatic rings. The highest BCUT2D eigenvalue weighted by Crippen LogP contribution is 2.42. The Morgan fingerprint density at radius 3 is 1.59 bits per heavy atom. The molecule has 6 heteroatoms. The second-order valence-electron chi connectivity index (χ2n) is 10.2. The Morgan fingerprint density at radius 1 is 0.568 bits per heavy atom. The van der Waals surface area contributed by atoms with Crippen LogP contribution in [0.3, 0.4) is 0 Å². The maximum atomic E-state index is 6.64. The summed E-state index contributed by atoms with van der Waals surface area (Å²) in [7, 11) is 0. The molecule has 4 rings (SSSR count). The molecular formula is C31H36N4O2. The minimum absolute atomic E-state index is 0.689. The number of ether oxygens (including phenoxy) is 2. The van der Waals surface area contributed by atoms with Gasteiger partial charge in [0, 0.05) is 16.8 Å². The van der Waals surface area contributed by atoms with Crippen molar-refractivity contribution in [2.75, 3.05) is 11.5 Å². The third-order valence-electron chi connectivity index (χ3n) is 7.12. The zero-order valence-electron chi connectivity index (χ0n) is 22.1. The molecule has 1 atom stereocenters. The maximum Gasteiger partial charge on any atom is 0.133 e. The Balaban J connectivity index is 1.68. The van der Waals surface area contributed by atoms with E-state index < -0.39 is 11.1 Å². The van der Waals surface area contributed by atoms with Crippen LogP contribution in [-0.4, -0.2) is 5.66 Å². The Hall–Kier alpha value is -4.00. The van der Waals surface area contributed by atoms with E-state index in [1.165, 1.54) is 0 Å². The standard InChI is InChI=1S/C31H36N4O2/c1-19-18-27(14-15-28(19)33)37-29-20(2)16-23(17-21(29)3)30(4,31(5,34)35)22-6-10-25(11-7-22)36-26-12-8-24(32)9-13-26/h6-18H,32-35H2,1-5H3. The third-order valence-corrected chi connectivity index (χ3v) is 7.12. The number of hydrogen-bond acceptors (Lipinski definition) is 6. The van der Waals surface area contributed by atoms with Crippen LogP contribution in [0.2, 0.25) is 0 Å². The molecule has 0 aromatic heterocycles. The minimum Gasteiger partial charge on any atom is -0.457 e. The summed E-state index contributed by atoms with van der Waals surface area (Å²) in [6.45, 7) is 9.94. The smallest absolute Gasteiger partial charge is 0.133 e. The molecule has 37 heavy (non-hydrogen) atoms. The van der Waals surface area contributed by atoms with Gasteiger partial charge in [-0.1, -0.05) is 24.3 Å². The van der Waals surface area contributed by atoms with E-state index in [2.05, 4.69) is 19.1 Å². The molecule has 0 radical (unpaired) electrons. The second kappa shape index (κ2) is 9.81. The van der Waals surface area contributed by atoms with E-state index in [0.29, 0.717) is 17.2 Å². The van der Waals surface area contributed by atoms with Crippen LogP contribution in [0.1, 0.15) is 41.7 Å². The lowest BCUT2D eigenvalue weighted by atomic mass is 9.67. The molecule has 0 amide bonds. The predicted octanol–water partition coefficient (Wildman–Crippen LogP) is 6.30. The number of nitrogen functional groups attached to an aromatic ring is 2. The lowest BCUT2D eigenvalue weighted by Crippen LogP contribution is -2.62. The van der Waals surface area contributed by atoms with Gasteiger partial charge >= 0.3 is 0 Å². The summed E-state index contributed by atoms with van der Waals surface area (Å²) in [6.07, 6.45) is 0. The van der Waals surface area contributed by atoms with Gasteiger partial charge < -0.3 is 32.4 Å². The summed E-state index contributed by atoms with van der Waals surface area (Å²) >= 11 is 0. The van der Waals surface area contributed by atoms with Gasteiger partial charge in [0.25, 0.3) is 0 Å². The quantitative estimate of drug-likeness (QED) is 0.176. The lowest BCUT2D eigenvalue weighted by Gasteiger charge is -2.43. The number of rotatable bonds is 7. The van der Waals surface area contributed by atoms with Crippen LogP contribution in [0.25, 0.3) is 0 Å². The van der Waals surface area contributed by atoms with Crippen LogP contribution in [0.4, 0.5) is 11.4 Å². The average molecular weight is 497 g/mol. The number of aryl methyl sites for hydroxylation is 3. The molecule has 0 aliphatic carbocycles. The fourth-order valence-electron chi connectivity index (χ4n) is 4.55. The first kappa shape index (κ1) is 26.1. The van der Waals surface area contributed by atoms with Crippen LogP contribution >= 0.6 is 0 Å². The van der Waals surface area contributed by atoms with E-state index in [4.69, 9.17) is 32.4 Å². The maximum absolute atomic E-state index is 6.64. The first-order valence-corrected chi connectivity index (χ1v) is 12.3. The highest BCUT2D eigenvalue weighted by Gasteiger charge is 2.42. The first-order valence-electron chi connectivity index (χ1n) is 12.3. The van der Waals surface area contributed by atoms with Crippen molar-refractivity contribution in [1.29, 1.82) is 0 Å². The molecule has 4 aromatic carbocycles. The van der Waals surface area contributed by atoms with E-state index in [9.17, 15) is 0 Å². The Morgan fingerprint density at radius 2 is 1.08 bits per heavy atom. The topological polar surface area (TPSA) is 123 Å². The number of nitrogens with two attached hydrogens (primary N) is 4.